The zero-order valence-electron chi connectivity index (χ0n) is 14.5. The zero-order chi connectivity index (χ0) is 18.2. The van der Waals surface area contributed by atoms with Gasteiger partial charge in [-0.25, -0.2) is 9.18 Å². The number of amides is 2. The maximum absolute atomic E-state index is 15.6. The largest absolute Gasteiger partial charge is 0.444 e. The van der Waals surface area contributed by atoms with Gasteiger partial charge in [0.1, 0.15) is 5.60 Å². The van der Waals surface area contributed by atoms with Crippen molar-refractivity contribution in [1.29, 1.82) is 5.26 Å². The van der Waals surface area contributed by atoms with Crippen LogP contribution in [0.15, 0.2) is 0 Å². The van der Waals surface area contributed by atoms with Gasteiger partial charge < -0.3 is 19.7 Å². The lowest BCUT2D eigenvalue weighted by atomic mass is 9.73. The molecule has 7 nitrogen and oxygen atoms in total. The normalized spacial score (nSPS) is 26.4. The van der Waals surface area contributed by atoms with Crippen molar-refractivity contribution in [2.24, 2.45) is 5.41 Å². The molecule has 134 valence electrons. The van der Waals surface area contributed by atoms with Crippen LogP contribution in [-0.2, 0) is 14.3 Å². The number of rotatable bonds is 3. The fourth-order valence-electron chi connectivity index (χ4n) is 2.94. The van der Waals surface area contributed by atoms with Gasteiger partial charge in [0.05, 0.1) is 37.7 Å². The molecule has 1 N–H and O–H groups in total. The Morgan fingerprint density at radius 2 is 2.04 bits per heavy atom. The van der Waals surface area contributed by atoms with Crippen LogP contribution in [0.4, 0.5) is 9.18 Å². The first-order chi connectivity index (χ1) is 11.0. The van der Waals surface area contributed by atoms with Crippen molar-refractivity contribution in [3.05, 3.63) is 0 Å². The highest BCUT2D eigenvalue weighted by molar-refractivity contribution is 5.88. The predicted molar refractivity (Wildman–Crippen MR) is 82.7 cm³/mol. The monoisotopic (exact) mass is 341 g/mol. The van der Waals surface area contributed by atoms with Crippen LogP contribution in [-0.4, -0.2) is 60.5 Å². The molecule has 2 saturated heterocycles. The molecule has 0 bridgehead atoms. The number of hydrogen-bond acceptors (Lipinski definition) is 5. The minimum Gasteiger partial charge on any atom is -0.444 e. The number of nitriles is 1. The van der Waals surface area contributed by atoms with Crippen LogP contribution in [0, 0.1) is 16.7 Å². The molecule has 0 aromatic heterocycles. The van der Waals surface area contributed by atoms with Gasteiger partial charge in [0.15, 0.2) is 0 Å². The average Bonchev–Trinajstić information content (AvgIpc) is 2.72. The van der Waals surface area contributed by atoms with E-state index in [4.69, 9.17) is 14.7 Å². The Balaban J connectivity index is 2.15. The van der Waals surface area contributed by atoms with Crippen molar-refractivity contribution >= 4 is 12.0 Å². The maximum atomic E-state index is 15.6. The van der Waals surface area contributed by atoms with Crippen molar-refractivity contribution in [3.8, 4) is 6.07 Å². The predicted octanol–water partition coefficient (Wildman–Crippen LogP) is 1.38. The molecular formula is C16H24FN3O4. The van der Waals surface area contributed by atoms with Crippen LogP contribution in [0.1, 0.15) is 34.1 Å². The number of hydrogen-bond donors (Lipinski definition) is 1. The summed E-state index contributed by atoms with van der Waals surface area (Å²) < 4.78 is 26.0. The van der Waals surface area contributed by atoms with E-state index in [1.807, 2.05) is 6.07 Å². The van der Waals surface area contributed by atoms with E-state index < -0.39 is 34.7 Å². The first kappa shape index (κ1) is 18.5. The van der Waals surface area contributed by atoms with Crippen LogP contribution in [0.25, 0.3) is 0 Å². The minimum atomic E-state index is -2.26. The van der Waals surface area contributed by atoms with E-state index in [1.54, 1.807) is 27.7 Å². The molecule has 0 radical (unpaired) electrons. The van der Waals surface area contributed by atoms with Crippen LogP contribution in [0.5, 0.6) is 0 Å². The van der Waals surface area contributed by atoms with E-state index in [-0.39, 0.29) is 32.7 Å². The minimum absolute atomic E-state index is 0.0679. The molecular weight excluding hydrogens is 317 g/mol. The van der Waals surface area contributed by atoms with Gasteiger partial charge in [0.2, 0.25) is 5.67 Å². The Bertz CT molecular complexity index is 565. The number of likely N-dealkylation sites (tertiary alicyclic amines) is 1. The standard InChI is InChI=1S/C16H24FN3O4/c1-11(5-6-18)19-12(21)16(17)8-20(7-15(16)9-23-10-15)13(22)24-14(2,3)4/h11H,5,7-10H2,1-4H3,(H,19,21)/t11-,16-/m1/s1. The summed E-state index contributed by atoms with van der Waals surface area (Å²) in [5, 5.41) is 11.2. The Kier molecular flexibility index (Phi) is 4.77. The quantitative estimate of drug-likeness (QED) is 0.837. The molecule has 2 heterocycles. The van der Waals surface area contributed by atoms with E-state index in [0.717, 1.165) is 0 Å². The number of alkyl halides is 1. The first-order valence-electron chi connectivity index (χ1n) is 7.95. The van der Waals surface area contributed by atoms with Gasteiger partial charge in [-0.15, -0.1) is 0 Å². The molecule has 2 rings (SSSR count). The summed E-state index contributed by atoms with van der Waals surface area (Å²) in [6.07, 6.45) is -0.563. The fourth-order valence-corrected chi connectivity index (χ4v) is 2.94. The number of carbonyl (C=O) groups is 2. The van der Waals surface area contributed by atoms with Gasteiger partial charge in [-0.1, -0.05) is 0 Å². The molecule has 1 spiro atoms. The molecule has 0 aliphatic carbocycles. The smallest absolute Gasteiger partial charge is 0.410 e. The second-order valence-electron chi connectivity index (χ2n) is 7.65. The lowest BCUT2D eigenvalue weighted by molar-refractivity contribution is -0.180. The summed E-state index contributed by atoms with van der Waals surface area (Å²) in [5.41, 5.74) is -4.02. The van der Waals surface area contributed by atoms with Crippen molar-refractivity contribution in [2.45, 2.75) is 51.4 Å². The summed E-state index contributed by atoms with van der Waals surface area (Å²) in [5.74, 6) is -0.806. The third-order valence-corrected chi connectivity index (χ3v) is 4.29. The van der Waals surface area contributed by atoms with Crippen LogP contribution >= 0.6 is 0 Å². The first-order valence-corrected chi connectivity index (χ1v) is 7.95. The molecule has 2 amide bonds. The highest BCUT2D eigenvalue weighted by Gasteiger charge is 2.68. The summed E-state index contributed by atoms with van der Waals surface area (Å²) in [6.45, 7) is 6.64. The third kappa shape index (κ3) is 3.31. The average molecular weight is 341 g/mol. The van der Waals surface area contributed by atoms with E-state index in [9.17, 15) is 9.59 Å². The lowest BCUT2D eigenvalue weighted by Crippen LogP contribution is -2.64. The van der Waals surface area contributed by atoms with E-state index in [1.165, 1.54) is 4.90 Å². The number of halogens is 1. The number of ether oxygens (including phenoxy) is 2. The van der Waals surface area contributed by atoms with Gasteiger partial charge >= 0.3 is 6.09 Å². The van der Waals surface area contributed by atoms with Gasteiger partial charge in [0.25, 0.3) is 5.91 Å². The molecule has 2 atom stereocenters. The summed E-state index contributed by atoms with van der Waals surface area (Å²) >= 11 is 0. The van der Waals surface area contributed by atoms with Gasteiger partial charge in [0, 0.05) is 12.6 Å². The van der Waals surface area contributed by atoms with Gasteiger partial charge in [-0.3, -0.25) is 4.79 Å². The highest BCUT2D eigenvalue weighted by Crippen LogP contribution is 2.48. The van der Waals surface area contributed by atoms with Gasteiger partial charge in [-0.05, 0) is 27.7 Å². The second kappa shape index (κ2) is 6.20. The third-order valence-electron chi connectivity index (χ3n) is 4.29. The van der Waals surface area contributed by atoms with E-state index in [0.29, 0.717) is 0 Å². The molecule has 0 unspecified atom stereocenters. The molecule has 0 aromatic rings. The van der Waals surface area contributed by atoms with Crippen molar-refractivity contribution in [1.82, 2.24) is 10.2 Å². The molecule has 0 aromatic carbocycles. The molecule has 2 aliphatic heterocycles. The maximum Gasteiger partial charge on any atom is 0.410 e. The Morgan fingerprint density at radius 1 is 1.42 bits per heavy atom. The molecule has 8 heteroatoms. The lowest BCUT2D eigenvalue weighted by Gasteiger charge is -2.44. The fraction of sp³-hybridized carbons (Fsp3) is 0.812. The van der Waals surface area contributed by atoms with Crippen LogP contribution in [0.2, 0.25) is 0 Å². The number of nitrogens with zero attached hydrogens (tertiary/aromatic N) is 2. The Morgan fingerprint density at radius 3 is 2.50 bits per heavy atom. The van der Waals surface area contributed by atoms with Crippen molar-refractivity contribution < 1.29 is 23.5 Å². The van der Waals surface area contributed by atoms with Crippen molar-refractivity contribution in [3.63, 3.8) is 0 Å². The molecule has 2 fully saturated rings. The molecule has 24 heavy (non-hydrogen) atoms. The summed E-state index contributed by atoms with van der Waals surface area (Å²) in [4.78, 5) is 26.0. The van der Waals surface area contributed by atoms with E-state index >= 15 is 4.39 Å². The molecule has 2 aliphatic rings. The van der Waals surface area contributed by atoms with Crippen molar-refractivity contribution in [2.75, 3.05) is 26.3 Å². The zero-order valence-corrected chi connectivity index (χ0v) is 14.5. The number of nitrogens with one attached hydrogen (secondary N) is 1. The second-order valence-corrected chi connectivity index (χ2v) is 7.65. The van der Waals surface area contributed by atoms with Crippen LogP contribution < -0.4 is 5.32 Å². The Hall–Kier alpha value is -1.88. The topological polar surface area (TPSA) is 91.7 Å². The van der Waals surface area contributed by atoms with E-state index in [2.05, 4.69) is 5.32 Å². The molecule has 0 saturated carbocycles. The van der Waals surface area contributed by atoms with Gasteiger partial charge in [-0.2, -0.15) is 5.26 Å². The summed E-state index contributed by atoms with van der Waals surface area (Å²) in [6, 6.07) is 1.46. The summed E-state index contributed by atoms with van der Waals surface area (Å²) in [7, 11) is 0. The van der Waals surface area contributed by atoms with Crippen LogP contribution in [0.3, 0.4) is 0 Å². The highest BCUT2D eigenvalue weighted by atomic mass is 19.1. The Labute approximate surface area is 141 Å². The SMILES string of the molecule is C[C@H](CC#N)NC(=O)[C@]1(F)CN(C(=O)OC(C)(C)C)CC12COC2. The number of carbonyl (C=O) groups excluding carboxylic acids is 2.